The molecule has 0 spiro atoms. The molecule has 2 aliphatic rings. The molecule has 8 nitrogen and oxygen atoms in total. The maximum atomic E-state index is 5.11. The van der Waals surface area contributed by atoms with Crippen molar-refractivity contribution in [1.29, 1.82) is 0 Å². The van der Waals surface area contributed by atoms with Gasteiger partial charge >= 0.3 is 0 Å². The predicted molar refractivity (Wildman–Crippen MR) is 155 cm³/mol. The fraction of sp³-hybridized carbons (Fsp3) is 0.0312. The van der Waals surface area contributed by atoms with E-state index < -0.39 is 6.17 Å². The molecule has 3 N–H and O–H groups in total. The van der Waals surface area contributed by atoms with Gasteiger partial charge in [-0.3, -0.25) is 0 Å². The van der Waals surface area contributed by atoms with E-state index >= 15 is 0 Å². The van der Waals surface area contributed by atoms with Gasteiger partial charge in [0, 0.05) is 43.4 Å². The van der Waals surface area contributed by atoms with E-state index in [1.54, 1.807) is 0 Å². The first-order valence-corrected chi connectivity index (χ1v) is 13.2. The summed E-state index contributed by atoms with van der Waals surface area (Å²) < 4.78 is 0. The second kappa shape index (κ2) is 7.94. The number of aromatic nitrogens is 3. The smallest absolute Gasteiger partial charge is 0.170 e. The number of hydrogen-bond donors (Lipinski definition) is 3. The van der Waals surface area contributed by atoms with Crippen LogP contribution in [-0.2, 0) is 0 Å². The molecule has 0 radical (unpaired) electrons. The van der Waals surface area contributed by atoms with Crippen LogP contribution in [0.4, 0.5) is 11.6 Å². The van der Waals surface area contributed by atoms with Crippen LogP contribution in [0, 0.1) is 0 Å². The third kappa shape index (κ3) is 3.04. The summed E-state index contributed by atoms with van der Waals surface area (Å²) in [5.41, 5.74) is 4.89. The maximum Gasteiger partial charge on any atom is 0.170 e. The van der Waals surface area contributed by atoms with E-state index in [1.165, 1.54) is 0 Å². The molecule has 0 aliphatic carbocycles. The van der Waals surface area contributed by atoms with Crippen LogP contribution in [0.25, 0.3) is 32.3 Å². The molecule has 1 atom stereocenters. The zero-order chi connectivity index (χ0) is 26.2. The average Bonchev–Trinajstić information content (AvgIpc) is 3.73. The minimum atomic E-state index is -0.430. The number of rotatable bonds is 0. The van der Waals surface area contributed by atoms with E-state index in [-0.39, 0.29) is 0 Å². The summed E-state index contributed by atoms with van der Waals surface area (Å²) in [6.07, 6.45) is -0.430. The summed E-state index contributed by atoms with van der Waals surface area (Å²) in [6.45, 7) is 0. The Hall–Kier alpha value is -5.63. The van der Waals surface area contributed by atoms with E-state index in [9.17, 15) is 0 Å². The molecule has 0 saturated carbocycles. The molecule has 7 aromatic rings. The Morgan fingerprint density at radius 2 is 0.900 bits per heavy atom. The third-order valence-corrected chi connectivity index (χ3v) is 7.66. The van der Waals surface area contributed by atoms with Crippen molar-refractivity contribution in [3.05, 3.63) is 130 Å². The quantitative estimate of drug-likeness (QED) is 0.259. The van der Waals surface area contributed by atoms with Gasteiger partial charge in [0.05, 0.1) is 0 Å². The first-order valence-electron chi connectivity index (χ1n) is 13.2. The molecule has 40 heavy (non-hydrogen) atoms. The van der Waals surface area contributed by atoms with Crippen molar-refractivity contribution >= 4 is 49.8 Å². The fourth-order valence-corrected chi connectivity index (χ4v) is 5.79. The standard InChI is InChI=1S/C32H20N8/c1-2-10-18-17(9-1)25-33-26(18)38-28-21-13-5-6-14-22(21)30(35-28)40-32-24-16-8-7-15-23(24)31(36-32)39-29-20-12-4-3-11-19(20)27(34-29)37-25/h1-16,25,36H,(H,34,37,39)(H,33,35,38,40). The first-order chi connectivity index (χ1) is 19.8. The van der Waals surface area contributed by atoms with Crippen LogP contribution in [0.3, 0.4) is 0 Å². The van der Waals surface area contributed by atoms with E-state index in [0.29, 0.717) is 11.3 Å². The topological polar surface area (TPSA) is 109 Å². The van der Waals surface area contributed by atoms with Crippen molar-refractivity contribution in [3.8, 4) is 0 Å². The molecule has 1 unspecified atom stereocenters. The number of benzene rings is 4. The molecule has 0 fully saturated rings. The Kier molecular flexibility index (Phi) is 4.23. The third-order valence-electron chi connectivity index (χ3n) is 7.66. The molecule has 8 bridgehead atoms. The summed E-state index contributed by atoms with van der Waals surface area (Å²) in [5, 5.41) is 5.91. The van der Waals surface area contributed by atoms with Crippen LogP contribution < -0.4 is 22.0 Å². The number of aromatic amines is 3. The lowest BCUT2D eigenvalue weighted by Gasteiger charge is -2.02. The van der Waals surface area contributed by atoms with Gasteiger partial charge in [0.15, 0.2) is 12.0 Å². The van der Waals surface area contributed by atoms with Gasteiger partial charge in [-0.05, 0) is 0 Å². The molecule has 0 amide bonds. The van der Waals surface area contributed by atoms with Gasteiger partial charge in [0.1, 0.15) is 33.6 Å². The summed E-state index contributed by atoms with van der Waals surface area (Å²) in [4.78, 5) is 35.8. The number of fused-ring (bicyclic) bond motifs is 19. The highest BCUT2D eigenvalue weighted by Crippen LogP contribution is 2.34. The number of aliphatic imine (C=N–C) groups is 1. The predicted octanol–water partition coefficient (Wildman–Crippen LogP) is 4.74. The Bertz CT molecular complexity index is 2460. The second-order valence-electron chi connectivity index (χ2n) is 9.98. The van der Waals surface area contributed by atoms with Gasteiger partial charge in [-0.25, -0.2) is 25.0 Å². The van der Waals surface area contributed by atoms with Crippen LogP contribution in [0.5, 0.6) is 0 Å². The Morgan fingerprint density at radius 3 is 1.52 bits per heavy atom. The van der Waals surface area contributed by atoms with Gasteiger partial charge in [-0.15, -0.1) is 0 Å². The lowest BCUT2D eigenvalue weighted by molar-refractivity contribution is 0.760. The van der Waals surface area contributed by atoms with Crippen LogP contribution in [0.15, 0.2) is 122 Å². The highest BCUT2D eigenvalue weighted by Gasteiger charge is 2.24. The van der Waals surface area contributed by atoms with Crippen LogP contribution in [0.1, 0.15) is 17.3 Å². The Morgan fingerprint density at radius 1 is 0.425 bits per heavy atom. The van der Waals surface area contributed by atoms with Gasteiger partial charge in [-0.1, -0.05) is 97.1 Å². The van der Waals surface area contributed by atoms with Crippen molar-refractivity contribution < 1.29 is 0 Å². The van der Waals surface area contributed by atoms with Gasteiger partial charge in [-0.2, -0.15) is 0 Å². The van der Waals surface area contributed by atoms with Crippen LogP contribution in [-0.4, -0.2) is 20.8 Å². The van der Waals surface area contributed by atoms with Crippen molar-refractivity contribution in [3.63, 3.8) is 0 Å². The lowest BCUT2D eigenvalue weighted by atomic mass is 10.1. The fourth-order valence-electron chi connectivity index (χ4n) is 5.79. The molecule has 4 aromatic carbocycles. The molecule has 3 aromatic heterocycles. The Labute approximate surface area is 225 Å². The van der Waals surface area contributed by atoms with Crippen molar-refractivity contribution in [2.45, 2.75) is 6.17 Å². The average molecular weight is 517 g/mol. The van der Waals surface area contributed by atoms with Crippen molar-refractivity contribution in [1.82, 2.24) is 15.0 Å². The van der Waals surface area contributed by atoms with Crippen molar-refractivity contribution in [2.24, 2.45) is 25.0 Å². The summed E-state index contributed by atoms with van der Waals surface area (Å²) in [7, 11) is 0. The largest absolute Gasteiger partial charge is 0.324 e. The lowest BCUT2D eigenvalue weighted by Crippen LogP contribution is -2.13. The monoisotopic (exact) mass is 516 g/mol. The number of hydrogen-bond acceptors (Lipinski definition) is 5. The highest BCUT2D eigenvalue weighted by atomic mass is 15.1. The molecule has 9 rings (SSSR count). The SMILES string of the molecule is c1ccc2c(c1)C1=NC2N=c2[nH]c(c3ccccc23)=Nc2[nH]c(c3ccccc23)N=c2[nH]c(c3ccccc23)=N1. The minimum Gasteiger partial charge on any atom is -0.324 e. The molecule has 0 saturated heterocycles. The molecule has 5 heterocycles. The first kappa shape index (κ1) is 21.3. The Balaban J connectivity index is 1.47. The molecule has 188 valence electrons. The van der Waals surface area contributed by atoms with Crippen LogP contribution in [0.2, 0.25) is 0 Å². The number of amidine groups is 1. The van der Waals surface area contributed by atoms with E-state index in [1.807, 2.05) is 48.5 Å². The van der Waals surface area contributed by atoms with Crippen molar-refractivity contribution in [2.75, 3.05) is 0 Å². The number of H-pyrrole nitrogens is 3. The second-order valence-corrected chi connectivity index (χ2v) is 9.98. The summed E-state index contributed by atoms with van der Waals surface area (Å²) in [5.74, 6) is 2.10. The molecular formula is C32H20N8. The van der Waals surface area contributed by atoms with E-state index in [4.69, 9.17) is 25.0 Å². The van der Waals surface area contributed by atoms with E-state index in [2.05, 4.69) is 63.5 Å². The van der Waals surface area contributed by atoms with Crippen LogP contribution >= 0.6 is 0 Å². The molecule has 8 heteroatoms. The highest BCUT2D eigenvalue weighted by molar-refractivity contribution is 6.04. The van der Waals surface area contributed by atoms with E-state index in [0.717, 1.165) is 71.5 Å². The number of nitrogens with one attached hydrogen (secondary N) is 3. The van der Waals surface area contributed by atoms with Gasteiger partial charge in [0.2, 0.25) is 0 Å². The van der Waals surface area contributed by atoms with Gasteiger partial charge < -0.3 is 15.0 Å². The maximum absolute atomic E-state index is 5.11. The zero-order valence-corrected chi connectivity index (χ0v) is 21.1. The zero-order valence-electron chi connectivity index (χ0n) is 21.1. The summed E-state index contributed by atoms with van der Waals surface area (Å²) in [6, 6.07) is 32.6. The normalized spacial score (nSPS) is 15.7. The molecule has 2 aliphatic heterocycles. The number of nitrogens with zero attached hydrogens (tertiary/aromatic N) is 5. The molecular weight excluding hydrogens is 496 g/mol. The minimum absolute atomic E-state index is 0.430. The summed E-state index contributed by atoms with van der Waals surface area (Å²) >= 11 is 0. The van der Waals surface area contributed by atoms with Gasteiger partial charge in [0.25, 0.3) is 0 Å².